The number of carbonyl (C=O) groups excluding carboxylic acids is 1. The Balaban J connectivity index is 1.65. The number of amides is 1. The lowest BCUT2D eigenvalue weighted by molar-refractivity contribution is -0.131. The SMILES string of the molecule is CS(=O)(=O)c1nc2ccccc2n1CC(=O)N1CCC(c2ccccc2)=N1. The molecule has 27 heavy (non-hydrogen) atoms. The highest BCUT2D eigenvalue weighted by Gasteiger charge is 2.25. The molecule has 0 saturated heterocycles. The molecule has 4 rings (SSSR count). The third-order valence-corrected chi connectivity index (χ3v) is 5.42. The Kier molecular flexibility index (Phi) is 4.27. The first kappa shape index (κ1) is 17.4. The van der Waals surface area contributed by atoms with Gasteiger partial charge >= 0.3 is 0 Å². The van der Waals surface area contributed by atoms with Crippen molar-refractivity contribution in [1.82, 2.24) is 14.6 Å². The number of fused-ring (bicyclic) bond motifs is 1. The number of carbonyl (C=O) groups is 1. The fraction of sp³-hybridized carbons (Fsp3) is 0.211. The van der Waals surface area contributed by atoms with Crippen LogP contribution >= 0.6 is 0 Å². The summed E-state index contributed by atoms with van der Waals surface area (Å²) in [5, 5.41) is 5.73. The van der Waals surface area contributed by atoms with Crippen LogP contribution < -0.4 is 0 Å². The van der Waals surface area contributed by atoms with Crippen LogP contribution in [0.1, 0.15) is 12.0 Å². The molecule has 1 aliphatic rings. The minimum Gasteiger partial charge on any atom is -0.305 e. The van der Waals surface area contributed by atoms with Crippen molar-refractivity contribution in [3.63, 3.8) is 0 Å². The smallest absolute Gasteiger partial charge is 0.262 e. The average molecular weight is 382 g/mol. The lowest BCUT2D eigenvalue weighted by Gasteiger charge is -2.13. The van der Waals surface area contributed by atoms with Gasteiger partial charge in [0, 0.05) is 12.7 Å². The van der Waals surface area contributed by atoms with Gasteiger partial charge in [0.1, 0.15) is 6.54 Å². The number of nitrogens with zero attached hydrogens (tertiary/aromatic N) is 4. The Labute approximate surface area is 156 Å². The van der Waals surface area contributed by atoms with Crippen molar-refractivity contribution in [3.8, 4) is 0 Å². The van der Waals surface area contributed by atoms with Crippen molar-refractivity contribution in [2.45, 2.75) is 18.1 Å². The predicted octanol–water partition coefficient (Wildman–Crippen LogP) is 2.08. The van der Waals surface area contributed by atoms with Crippen LogP contribution in [0.25, 0.3) is 11.0 Å². The summed E-state index contributed by atoms with van der Waals surface area (Å²) in [4.78, 5) is 17.0. The van der Waals surface area contributed by atoms with Gasteiger partial charge in [-0.05, 0) is 17.7 Å². The third kappa shape index (κ3) is 3.35. The van der Waals surface area contributed by atoms with Crippen LogP contribution in [0.2, 0.25) is 0 Å². The quantitative estimate of drug-likeness (QED) is 0.691. The topological polar surface area (TPSA) is 84.6 Å². The van der Waals surface area contributed by atoms with Crippen molar-refractivity contribution < 1.29 is 13.2 Å². The second kappa shape index (κ2) is 6.62. The van der Waals surface area contributed by atoms with Gasteiger partial charge in [0.2, 0.25) is 15.0 Å². The Morgan fingerprint density at radius 2 is 1.78 bits per heavy atom. The van der Waals surface area contributed by atoms with E-state index in [-0.39, 0.29) is 17.6 Å². The maximum absolute atomic E-state index is 12.8. The summed E-state index contributed by atoms with van der Waals surface area (Å²) in [6.07, 6.45) is 1.76. The minimum absolute atomic E-state index is 0.108. The summed E-state index contributed by atoms with van der Waals surface area (Å²) in [7, 11) is -3.57. The molecule has 0 atom stereocenters. The normalized spacial score (nSPS) is 14.6. The third-order valence-electron chi connectivity index (χ3n) is 4.44. The summed E-state index contributed by atoms with van der Waals surface area (Å²) in [5.41, 5.74) is 2.99. The average Bonchev–Trinajstić information content (AvgIpc) is 3.28. The Bertz CT molecular complexity index is 1150. The molecule has 1 amide bonds. The van der Waals surface area contributed by atoms with Gasteiger partial charge in [-0.3, -0.25) is 4.79 Å². The monoisotopic (exact) mass is 382 g/mol. The van der Waals surface area contributed by atoms with Crippen LogP contribution in [0.5, 0.6) is 0 Å². The van der Waals surface area contributed by atoms with Gasteiger partial charge in [0.25, 0.3) is 5.91 Å². The van der Waals surface area contributed by atoms with Gasteiger partial charge < -0.3 is 4.57 Å². The van der Waals surface area contributed by atoms with Gasteiger partial charge in [-0.15, -0.1) is 0 Å². The van der Waals surface area contributed by atoms with E-state index in [0.29, 0.717) is 24.0 Å². The fourth-order valence-corrected chi connectivity index (χ4v) is 4.00. The Hall–Kier alpha value is -3.00. The second-order valence-electron chi connectivity index (χ2n) is 6.42. The molecule has 1 aliphatic heterocycles. The maximum Gasteiger partial charge on any atom is 0.262 e. The first-order valence-corrected chi connectivity index (χ1v) is 10.4. The van der Waals surface area contributed by atoms with Crippen LogP contribution in [0.3, 0.4) is 0 Å². The Morgan fingerprint density at radius 1 is 1.07 bits per heavy atom. The number of hydrazone groups is 1. The van der Waals surface area contributed by atoms with E-state index in [9.17, 15) is 13.2 Å². The number of imidazole rings is 1. The van der Waals surface area contributed by atoms with Gasteiger partial charge in [-0.2, -0.15) is 5.10 Å². The van der Waals surface area contributed by atoms with E-state index in [4.69, 9.17) is 0 Å². The number of hydrogen-bond donors (Lipinski definition) is 0. The predicted molar refractivity (Wildman–Crippen MR) is 102 cm³/mol. The highest BCUT2D eigenvalue weighted by molar-refractivity contribution is 7.90. The highest BCUT2D eigenvalue weighted by atomic mass is 32.2. The van der Waals surface area contributed by atoms with Crippen LogP contribution in [0, 0.1) is 0 Å². The van der Waals surface area contributed by atoms with Gasteiger partial charge in [0.15, 0.2) is 0 Å². The van der Waals surface area contributed by atoms with E-state index in [0.717, 1.165) is 17.5 Å². The van der Waals surface area contributed by atoms with Crippen molar-refractivity contribution in [1.29, 1.82) is 0 Å². The molecule has 0 bridgehead atoms. The molecular formula is C19H18N4O3S. The van der Waals surface area contributed by atoms with Crippen LogP contribution in [0.15, 0.2) is 64.9 Å². The number of sulfone groups is 1. The summed E-state index contributed by atoms with van der Waals surface area (Å²) in [6, 6.07) is 16.8. The minimum atomic E-state index is -3.57. The summed E-state index contributed by atoms with van der Waals surface area (Å²) < 4.78 is 25.7. The number of hydrogen-bond acceptors (Lipinski definition) is 5. The molecule has 0 aliphatic carbocycles. The van der Waals surface area contributed by atoms with Crippen molar-refractivity contribution in [2.75, 3.05) is 12.8 Å². The molecule has 8 heteroatoms. The number of rotatable bonds is 4. The lowest BCUT2D eigenvalue weighted by atomic mass is 10.1. The molecule has 0 spiro atoms. The fourth-order valence-electron chi connectivity index (χ4n) is 3.18. The zero-order valence-corrected chi connectivity index (χ0v) is 15.6. The van der Waals surface area contributed by atoms with E-state index < -0.39 is 9.84 Å². The maximum atomic E-state index is 12.8. The first-order valence-electron chi connectivity index (χ1n) is 8.52. The zero-order chi connectivity index (χ0) is 19.0. The lowest BCUT2D eigenvalue weighted by Crippen LogP contribution is -2.28. The van der Waals surface area contributed by atoms with Gasteiger partial charge in [-0.25, -0.2) is 18.4 Å². The summed E-state index contributed by atoms with van der Waals surface area (Å²) >= 11 is 0. The van der Waals surface area contributed by atoms with Crippen molar-refractivity contribution in [2.24, 2.45) is 5.10 Å². The first-order chi connectivity index (χ1) is 12.9. The zero-order valence-electron chi connectivity index (χ0n) is 14.7. The van der Waals surface area contributed by atoms with Crippen molar-refractivity contribution >= 4 is 32.5 Å². The summed E-state index contributed by atoms with van der Waals surface area (Å²) in [6.45, 7) is 0.346. The molecular weight excluding hydrogens is 364 g/mol. The second-order valence-corrected chi connectivity index (χ2v) is 8.33. The molecule has 1 aromatic heterocycles. The Morgan fingerprint density at radius 3 is 2.52 bits per heavy atom. The molecule has 0 N–H and O–H groups in total. The largest absolute Gasteiger partial charge is 0.305 e. The van der Waals surface area contributed by atoms with Crippen LogP contribution in [0.4, 0.5) is 0 Å². The summed E-state index contributed by atoms with van der Waals surface area (Å²) in [5.74, 6) is -0.269. The number of para-hydroxylation sites is 2. The molecule has 0 radical (unpaired) electrons. The molecule has 2 heterocycles. The number of aromatic nitrogens is 2. The molecule has 0 fully saturated rings. The van der Waals surface area contributed by atoms with E-state index >= 15 is 0 Å². The molecule has 2 aromatic carbocycles. The van der Waals surface area contributed by atoms with E-state index in [2.05, 4.69) is 10.1 Å². The van der Waals surface area contributed by atoms with Gasteiger partial charge in [0.05, 0.1) is 23.3 Å². The molecule has 0 saturated carbocycles. The molecule has 3 aromatic rings. The molecule has 138 valence electrons. The van der Waals surface area contributed by atoms with E-state index in [1.807, 2.05) is 30.3 Å². The van der Waals surface area contributed by atoms with Crippen molar-refractivity contribution in [3.05, 3.63) is 60.2 Å². The highest BCUT2D eigenvalue weighted by Crippen LogP contribution is 2.21. The van der Waals surface area contributed by atoms with Crippen LogP contribution in [-0.2, 0) is 21.2 Å². The van der Waals surface area contributed by atoms with Crippen LogP contribution in [-0.4, -0.2) is 47.4 Å². The van der Waals surface area contributed by atoms with E-state index in [1.165, 1.54) is 9.58 Å². The standard InChI is InChI=1S/C19H18N4O3S/c1-27(25,26)19-20-16-9-5-6-10-17(16)22(19)13-18(24)23-12-11-15(21-23)14-7-3-2-4-8-14/h2-10H,11-13H2,1H3. The molecule has 0 unspecified atom stereocenters. The molecule has 7 nitrogen and oxygen atoms in total. The van der Waals surface area contributed by atoms with Gasteiger partial charge in [-0.1, -0.05) is 42.5 Å². The van der Waals surface area contributed by atoms with E-state index in [1.54, 1.807) is 24.3 Å². The number of benzene rings is 2.